The molecule has 0 bridgehead atoms. The summed E-state index contributed by atoms with van der Waals surface area (Å²) in [6.45, 7) is 4.04. The molecule has 1 atom stereocenters. The molecule has 0 saturated heterocycles. The molecule has 0 aliphatic rings. The van der Waals surface area contributed by atoms with Crippen molar-refractivity contribution in [1.29, 1.82) is 0 Å². The number of methoxy groups -OCH3 is 1. The number of hydrogen-bond donors (Lipinski definition) is 1. The van der Waals surface area contributed by atoms with Gasteiger partial charge in [-0.05, 0) is 30.7 Å². The Hall–Kier alpha value is -1.81. The number of nitrogens with zero attached hydrogens (tertiary/aromatic N) is 2. The molecule has 1 aromatic carbocycles. The van der Waals surface area contributed by atoms with Crippen molar-refractivity contribution >= 4 is 0 Å². The molecule has 0 spiro atoms. The first-order valence-electron chi connectivity index (χ1n) is 6.66. The van der Waals surface area contributed by atoms with Gasteiger partial charge >= 0.3 is 0 Å². The lowest BCUT2D eigenvalue weighted by Crippen LogP contribution is -2.26. The molecular weight excluding hydrogens is 238 g/mol. The second-order valence-electron chi connectivity index (χ2n) is 4.54. The van der Waals surface area contributed by atoms with E-state index in [0.717, 1.165) is 25.3 Å². The zero-order valence-corrected chi connectivity index (χ0v) is 11.5. The highest BCUT2D eigenvalue weighted by atomic mass is 16.5. The lowest BCUT2D eigenvalue weighted by molar-refractivity contribution is 0.410. The minimum Gasteiger partial charge on any atom is -0.497 e. The fourth-order valence-corrected chi connectivity index (χ4v) is 2.07. The largest absolute Gasteiger partial charge is 0.497 e. The Bertz CT molecular complexity index is 482. The molecule has 1 heterocycles. The maximum Gasteiger partial charge on any atom is 0.119 e. The molecule has 0 aliphatic carbocycles. The van der Waals surface area contributed by atoms with Gasteiger partial charge in [0, 0.05) is 18.9 Å². The number of ether oxygens (including phenoxy) is 1. The van der Waals surface area contributed by atoms with E-state index in [1.165, 1.54) is 5.56 Å². The Labute approximate surface area is 114 Å². The Kier molecular flexibility index (Phi) is 4.98. The van der Waals surface area contributed by atoms with Crippen molar-refractivity contribution in [2.24, 2.45) is 0 Å². The number of nitrogens with one attached hydrogen (secondary N) is 1. The van der Waals surface area contributed by atoms with Gasteiger partial charge in [0.2, 0.25) is 0 Å². The Balaban J connectivity index is 2.15. The molecule has 1 aromatic heterocycles. The quantitative estimate of drug-likeness (QED) is 0.831. The standard InChI is InChI=1S/C15H21N3O/c1-3-7-17-15(11-18-9-8-16-12-18)13-5-4-6-14(10-13)19-2/h4-6,8-10,12,15,17H,3,7,11H2,1-2H3. The predicted octanol–water partition coefficient (Wildman–Crippen LogP) is 2.63. The summed E-state index contributed by atoms with van der Waals surface area (Å²) in [5.41, 5.74) is 1.24. The van der Waals surface area contributed by atoms with Gasteiger partial charge in [-0.3, -0.25) is 0 Å². The SMILES string of the molecule is CCCNC(Cn1ccnc1)c1cccc(OC)c1. The van der Waals surface area contributed by atoms with Crippen molar-refractivity contribution in [3.05, 3.63) is 48.5 Å². The van der Waals surface area contributed by atoms with Gasteiger partial charge in [0.15, 0.2) is 0 Å². The number of aromatic nitrogens is 2. The Morgan fingerprint density at radius 2 is 2.32 bits per heavy atom. The van der Waals surface area contributed by atoms with Crippen LogP contribution >= 0.6 is 0 Å². The van der Waals surface area contributed by atoms with Crippen molar-refractivity contribution < 1.29 is 4.74 Å². The molecule has 0 radical (unpaired) electrons. The summed E-state index contributed by atoms with van der Waals surface area (Å²) >= 11 is 0. The van der Waals surface area contributed by atoms with E-state index in [4.69, 9.17) is 4.74 Å². The fraction of sp³-hybridized carbons (Fsp3) is 0.400. The Morgan fingerprint density at radius 1 is 1.42 bits per heavy atom. The monoisotopic (exact) mass is 259 g/mol. The number of rotatable bonds is 7. The average Bonchev–Trinajstić information content (AvgIpc) is 2.96. The minimum atomic E-state index is 0.268. The van der Waals surface area contributed by atoms with Gasteiger partial charge in [-0.2, -0.15) is 0 Å². The number of benzene rings is 1. The summed E-state index contributed by atoms with van der Waals surface area (Å²) in [6, 6.07) is 8.49. The molecular formula is C15H21N3O. The zero-order valence-electron chi connectivity index (χ0n) is 11.5. The van der Waals surface area contributed by atoms with E-state index in [9.17, 15) is 0 Å². The summed E-state index contributed by atoms with van der Waals surface area (Å²) in [7, 11) is 1.70. The first-order valence-corrected chi connectivity index (χ1v) is 6.66. The van der Waals surface area contributed by atoms with Crippen LogP contribution in [0.2, 0.25) is 0 Å². The molecule has 0 fully saturated rings. The van der Waals surface area contributed by atoms with Crippen LogP contribution in [-0.4, -0.2) is 23.2 Å². The van der Waals surface area contributed by atoms with E-state index in [-0.39, 0.29) is 6.04 Å². The molecule has 1 unspecified atom stereocenters. The molecule has 2 rings (SSSR count). The summed E-state index contributed by atoms with van der Waals surface area (Å²) in [6.07, 6.45) is 6.76. The highest BCUT2D eigenvalue weighted by molar-refractivity contribution is 5.30. The lowest BCUT2D eigenvalue weighted by atomic mass is 10.1. The molecule has 19 heavy (non-hydrogen) atoms. The number of imidazole rings is 1. The van der Waals surface area contributed by atoms with Gasteiger partial charge in [-0.25, -0.2) is 4.98 Å². The second kappa shape index (κ2) is 6.95. The molecule has 0 aliphatic heterocycles. The normalized spacial score (nSPS) is 12.3. The van der Waals surface area contributed by atoms with Gasteiger partial charge in [0.05, 0.1) is 19.5 Å². The third kappa shape index (κ3) is 3.83. The molecule has 4 nitrogen and oxygen atoms in total. The first kappa shape index (κ1) is 13.6. The summed E-state index contributed by atoms with van der Waals surface area (Å²) in [5, 5.41) is 3.57. The van der Waals surface area contributed by atoms with Crippen molar-refractivity contribution in [2.45, 2.75) is 25.9 Å². The predicted molar refractivity (Wildman–Crippen MR) is 76.3 cm³/mol. The van der Waals surface area contributed by atoms with Crippen LogP contribution in [-0.2, 0) is 6.54 Å². The minimum absolute atomic E-state index is 0.268. The van der Waals surface area contributed by atoms with Gasteiger partial charge in [-0.15, -0.1) is 0 Å². The third-order valence-electron chi connectivity index (χ3n) is 3.09. The van der Waals surface area contributed by atoms with Crippen LogP contribution in [0, 0.1) is 0 Å². The lowest BCUT2D eigenvalue weighted by Gasteiger charge is -2.20. The summed E-state index contributed by atoms with van der Waals surface area (Å²) in [4.78, 5) is 4.09. The van der Waals surface area contributed by atoms with Crippen molar-refractivity contribution in [2.75, 3.05) is 13.7 Å². The van der Waals surface area contributed by atoms with E-state index in [1.807, 2.05) is 30.9 Å². The van der Waals surface area contributed by atoms with Crippen LogP contribution in [0.3, 0.4) is 0 Å². The topological polar surface area (TPSA) is 39.1 Å². The maximum absolute atomic E-state index is 5.30. The van der Waals surface area contributed by atoms with Gasteiger partial charge < -0.3 is 14.6 Å². The van der Waals surface area contributed by atoms with E-state index in [1.54, 1.807) is 7.11 Å². The molecule has 2 aromatic rings. The van der Waals surface area contributed by atoms with Crippen LogP contribution in [0.1, 0.15) is 24.9 Å². The van der Waals surface area contributed by atoms with Crippen LogP contribution < -0.4 is 10.1 Å². The highest BCUT2D eigenvalue weighted by Gasteiger charge is 2.11. The Morgan fingerprint density at radius 3 is 3.00 bits per heavy atom. The van der Waals surface area contributed by atoms with Crippen LogP contribution in [0.4, 0.5) is 0 Å². The second-order valence-corrected chi connectivity index (χ2v) is 4.54. The number of hydrogen-bond acceptors (Lipinski definition) is 3. The molecule has 0 saturated carbocycles. The molecule has 102 valence electrons. The molecule has 0 amide bonds. The zero-order chi connectivity index (χ0) is 13.5. The average molecular weight is 259 g/mol. The van der Waals surface area contributed by atoms with Crippen LogP contribution in [0.15, 0.2) is 43.0 Å². The smallest absolute Gasteiger partial charge is 0.119 e. The van der Waals surface area contributed by atoms with Crippen molar-refractivity contribution in [3.63, 3.8) is 0 Å². The van der Waals surface area contributed by atoms with Crippen molar-refractivity contribution in [3.8, 4) is 5.75 Å². The van der Waals surface area contributed by atoms with E-state index in [2.05, 4.69) is 33.9 Å². The van der Waals surface area contributed by atoms with Gasteiger partial charge in [0.1, 0.15) is 5.75 Å². The highest BCUT2D eigenvalue weighted by Crippen LogP contribution is 2.20. The fourth-order valence-electron chi connectivity index (χ4n) is 2.07. The van der Waals surface area contributed by atoms with E-state index in [0.29, 0.717) is 0 Å². The molecule has 1 N–H and O–H groups in total. The van der Waals surface area contributed by atoms with E-state index >= 15 is 0 Å². The van der Waals surface area contributed by atoms with Crippen LogP contribution in [0.25, 0.3) is 0 Å². The van der Waals surface area contributed by atoms with Gasteiger partial charge in [0.25, 0.3) is 0 Å². The third-order valence-corrected chi connectivity index (χ3v) is 3.09. The first-order chi connectivity index (χ1) is 9.33. The molecule has 4 heteroatoms. The van der Waals surface area contributed by atoms with Crippen LogP contribution in [0.5, 0.6) is 5.75 Å². The summed E-state index contributed by atoms with van der Waals surface area (Å²) in [5.74, 6) is 0.895. The maximum atomic E-state index is 5.30. The van der Waals surface area contributed by atoms with Gasteiger partial charge in [-0.1, -0.05) is 19.1 Å². The van der Waals surface area contributed by atoms with E-state index < -0.39 is 0 Å². The summed E-state index contributed by atoms with van der Waals surface area (Å²) < 4.78 is 7.39. The van der Waals surface area contributed by atoms with Crippen molar-refractivity contribution in [1.82, 2.24) is 14.9 Å².